The minimum Gasteiger partial charge on any atom is -0.460 e. The quantitative estimate of drug-likeness (QED) is 0.484. The van der Waals surface area contributed by atoms with Gasteiger partial charge in [-0.3, -0.25) is 15.7 Å². The number of hydroxylamine groups is 1. The summed E-state index contributed by atoms with van der Waals surface area (Å²) < 4.78 is 5.77. The Balaban J connectivity index is 1.73. The topological polar surface area (TPSA) is 57.6 Å². The van der Waals surface area contributed by atoms with Crippen LogP contribution in [0.2, 0.25) is 0 Å². The molecule has 0 aliphatic carbocycles. The second-order valence-electron chi connectivity index (χ2n) is 6.60. The number of allylic oxidation sites excluding steroid dienone is 1. The summed E-state index contributed by atoms with van der Waals surface area (Å²) in [6.45, 7) is 9.02. The number of rotatable bonds is 5. The molecule has 2 aromatic rings. The predicted octanol–water partition coefficient (Wildman–Crippen LogP) is 4.06. The van der Waals surface area contributed by atoms with Crippen molar-refractivity contribution in [3.63, 3.8) is 0 Å². The number of fused-ring (bicyclic) bond motifs is 3. The normalized spacial score (nSPS) is 13.8. The first-order valence-electron chi connectivity index (χ1n) is 8.74. The number of benzene rings is 2. The first-order chi connectivity index (χ1) is 12.5. The second kappa shape index (κ2) is 8.06. The van der Waals surface area contributed by atoms with Crippen LogP contribution in [0.5, 0.6) is 0 Å². The van der Waals surface area contributed by atoms with Gasteiger partial charge in [-0.2, -0.15) is 0 Å². The predicted molar refractivity (Wildman–Crippen MR) is 103 cm³/mol. The van der Waals surface area contributed by atoms with Gasteiger partial charge >= 0.3 is 0 Å². The Morgan fingerprint density at radius 2 is 1.65 bits per heavy atom. The molecule has 2 aromatic carbocycles. The third kappa shape index (κ3) is 4.24. The fraction of sp³-hybridized carbons (Fsp3) is 0.286. The van der Waals surface area contributed by atoms with Crippen LogP contribution in [0.4, 0.5) is 0 Å². The number of amidine groups is 1. The summed E-state index contributed by atoms with van der Waals surface area (Å²) >= 11 is 0. The Labute approximate surface area is 154 Å². The molecule has 0 amide bonds. The van der Waals surface area contributed by atoms with Crippen LogP contribution < -0.4 is 5.48 Å². The fourth-order valence-electron chi connectivity index (χ4n) is 3.03. The van der Waals surface area contributed by atoms with Gasteiger partial charge in [0.2, 0.25) is 0 Å². The van der Waals surface area contributed by atoms with Gasteiger partial charge in [-0.15, -0.1) is 0 Å². The van der Waals surface area contributed by atoms with E-state index in [1.54, 1.807) is 0 Å². The fourth-order valence-corrected chi connectivity index (χ4v) is 3.03. The molecule has 0 bridgehead atoms. The van der Waals surface area contributed by atoms with Gasteiger partial charge in [-0.25, -0.2) is 0 Å². The van der Waals surface area contributed by atoms with Crippen molar-refractivity contribution in [2.75, 3.05) is 6.61 Å². The Kier molecular flexibility index (Phi) is 5.58. The monoisotopic (exact) mass is 351 g/mol. The zero-order valence-electron chi connectivity index (χ0n) is 15.3. The van der Waals surface area contributed by atoms with E-state index in [4.69, 9.17) is 15.0 Å². The van der Waals surface area contributed by atoms with Crippen molar-refractivity contribution in [3.8, 4) is 11.1 Å². The number of hydrogen-bond acceptors (Lipinski definition) is 4. The molecule has 5 nitrogen and oxygen atoms in total. The van der Waals surface area contributed by atoms with Crippen LogP contribution in [0.1, 0.15) is 25.0 Å². The molecule has 3 rings (SSSR count). The molecular weight excluding hydrogens is 326 g/mol. The van der Waals surface area contributed by atoms with E-state index in [1.165, 1.54) is 22.3 Å². The average molecular weight is 351 g/mol. The summed E-state index contributed by atoms with van der Waals surface area (Å²) in [4.78, 5) is 7.24. The number of ether oxygens (including phenoxy) is 1. The molecule has 1 aliphatic heterocycles. The molecule has 0 saturated carbocycles. The molecule has 26 heavy (non-hydrogen) atoms. The summed E-state index contributed by atoms with van der Waals surface area (Å²) in [5.41, 5.74) is 8.27. The first-order valence-corrected chi connectivity index (χ1v) is 8.74. The molecule has 5 heteroatoms. The molecule has 0 fully saturated rings. The highest BCUT2D eigenvalue weighted by Gasteiger charge is 2.22. The van der Waals surface area contributed by atoms with Gasteiger partial charge in [0.1, 0.15) is 12.7 Å². The third-order valence-corrected chi connectivity index (χ3v) is 4.21. The van der Waals surface area contributed by atoms with E-state index in [9.17, 15) is 0 Å². The van der Waals surface area contributed by atoms with E-state index in [1.807, 2.05) is 30.9 Å². The molecule has 1 unspecified atom stereocenters. The van der Waals surface area contributed by atoms with Crippen molar-refractivity contribution in [1.29, 1.82) is 5.41 Å². The van der Waals surface area contributed by atoms with E-state index in [0.717, 1.165) is 5.70 Å². The van der Waals surface area contributed by atoms with Crippen LogP contribution in [0.25, 0.3) is 11.1 Å². The standard InChI is InChI=1S/C21H25N3O2/c1-15(2)23-25-14-16(3)26-21(22)24-12-17-8-4-6-10-19(17)20-11-7-5-9-18(20)13-24/h4-11,16,22-23H,1,12-14H2,2-3H3. The lowest BCUT2D eigenvalue weighted by Gasteiger charge is -2.26. The molecule has 2 N–H and O–H groups in total. The van der Waals surface area contributed by atoms with Gasteiger partial charge in [-0.1, -0.05) is 55.1 Å². The van der Waals surface area contributed by atoms with Crippen LogP contribution in [0.3, 0.4) is 0 Å². The zero-order chi connectivity index (χ0) is 18.5. The van der Waals surface area contributed by atoms with Crippen LogP contribution in [0.15, 0.2) is 60.8 Å². The highest BCUT2D eigenvalue weighted by Crippen LogP contribution is 2.32. The van der Waals surface area contributed by atoms with E-state index in [-0.39, 0.29) is 12.1 Å². The van der Waals surface area contributed by atoms with Gasteiger partial charge in [0, 0.05) is 18.8 Å². The summed E-state index contributed by atoms with van der Waals surface area (Å²) in [7, 11) is 0. The van der Waals surface area contributed by atoms with Crippen LogP contribution in [-0.2, 0) is 22.7 Å². The Morgan fingerprint density at radius 3 is 2.19 bits per heavy atom. The van der Waals surface area contributed by atoms with Crippen LogP contribution >= 0.6 is 0 Å². The lowest BCUT2D eigenvalue weighted by molar-refractivity contribution is -0.000382. The van der Waals surface area contributed by atoms with E-state index in [0.29, 0.717) is 19.7 Å². The molecule has 1 aliphatic rings. The van der Waals surface area contributed by atoms with Crippen molar-refractivity contribution in [1.82, 2.24) is 10.4 Å². The number of hydrogen-bond donors (Lipinski definition) is 2. The van der Waals surface area contributed by atoms with Crippen molar-refractivity contribution < 1.29 is 9.57 Å². The molecule has 1 atom stereocenters. The third-order valence-electron chi connectivity index (χ3n) is 4.21. The van der Waals surface area contributed by atoms with Gasteiger partial charge in [0.05, 0.1) is 0 Å². The van der Waals surface area contributed by atoms with Crippen molar-refractivity contribution in [2.24, 2.45) is 0 Å². The summed E-state index contributed by atoms with van der Waals surface area (Å²) in [5, 5.41) is 8.42. The minimum absolute atomic E-state index is 0.155. The molecular formula is C21H25N3O2. The largest absolute Gasteiger partial charge is 0.460 e. The summed E-state index contributed by atoms with van der Waals surface area (Å²) in [5.74, 6) is 0. The van der Waals surface area contributed by atoms with E-state index >= 15 is 0 Å². The number of nitrogens with one attached hydrogen (secondary N) is 2. The van der Waals surface area contributed by atoms with E-state index in [2.05, 4.69) is 48.5 Å². The van der Waals surface area contributed by atoms with Crippen molar-refractivity contribution in [3.05, 3.63) is 71.9 Å². The highest BCUT2D eigenvalue weighted by molar-refractivity contribution is 5.76. The maximum Gasteiger partial charge on any atom is 0.285 e. The Morgan fingerprint density at radius 1 is 1.12 bits per heavy atom. The maximum atomic E-state index is 8.42. The van der Waals surface area contributed by atoms with Gasteiger partial charge in [0.15, 0.2) is 0 Å². The van der Waals surface area contributed by atoms with Crippen LogP contribution in [-0.4, -0.2) is 23.6 Å². The Hall–Kier alpha value is -2.79. The van der Waals surface area contributed by atoms with Gasteiger partial charge < -0.3 is 9.64 Å². The minimum atomic E-state index is -0.247. The lowest BCUT2D eigenvalue weighted by atomic mass is 9.97. The number of nitrogens with zero attached hydrogens (tertiary/aromatic N) is 1. The average Bonchev–Trinajstić information content (AvgIpc) is 2.78. The Bertz CT molecular complexity index is 756. The summed E-state index contributed by atoms with van der Waals surface area (Å²) in [6, 6.07) is 16.8. The molecule has 0 aromatic heterocycles. The zero-order valence-corrected chi connectivity index (χ0v) is 15.3. The lowest BCUT2D eigenvalue weighted by Crippen LogP contribution is -2.35. The van der Waals surface area contributed by atoms with Crippen molar-refractivity contribution >= 4 is 6.02 Å². The molecule has 136 valence electrons. The van der Waals surface area contributed by atoms with Crippen LogP contribution in [0, 0.1) is 5.41 Å². The van der Waals surface area contributed by atoms with Gasteiger partial charge in [-0.05, 0) is 36.1 Å². The molecule has 0 spiro atoms. The first kappa shape index (κ1) is 18.0. The summed E-state index contributed by atoms with van der Waals surface area (Å²) in [6.07, 6.45) is -0.247. The van der Waals surface area contributed by atoms with Gasteiger partial charge in [0.25, 0.3) is 6.02 Å². The molecule has 0 saturated heterocycles. The SMILES string of the molecule is C=C(C)NOCC(C)OC(=N)N1Cc2ccccc2-c2ccccc2C1. The van der Waals surface area contributed by atoms with E-state index < -0.39 is 0 Å². The maximum absolute atomic E-state index is 8.42. The highest BCUT2D eigenvalue weighted by atomic mass is 16.7. The smallest absolute Gasteiger partial charge is 0.285 e. The molecule has 1 heterocycles. The molecule has 0 radical (unpaired) electrons. The second-order valence-corrected chi connectivity index (χ2v) is 6.60. The van der Waals surface area contributed by atoms with Crippen molar-refractivity contribution in [2.45, 2.75) is 33.0 Å².